The van der Waals surface area contributed by atoms with Gasteiger partial charge in [0.15, 0.2) is 11.6 Å². The van der Waals surface area contributed by atoms with E-state index >= 15 is 0 Å². The van der Waals surface area contributed by atoms with Gasteiger partial charge in [-0.05, 0) is 23.8 Å². The highest BCUT2D eigenvalue weighted by Crippen LogP contribution is 2.44. The van der Waals surface area contributed by atoms with Gasteiger partial charge in [0.25, 0.3) is 11.8 Å². The standard InChI is InChI=1S/C20H13F2N3O3/c1-2-9-24-17(26)20(23-19(24)28)13-5-3-4-6-16(13)25(18(20)27)11-12-7-8-14(21)15(22)10-12/h1,3-8,10H,9,11H2,(H,23,28). The number of imide groups is 1. The van der Waals surface area contributed by atoms with E-state index in [0.717, 1.165) is 17.0 Å². The summed E-state index contributed by atoms with van der Waals surface area (Å²) in [6.45, 7) is -0.377. The molecule has 1 saturated heterocycles. The first-order chi connectivity index (χ1) is 13.4. The number of nitrogens with one attached hydrogen (secondary N) is 1. The molecular weight excluding hydrogens is 368 g/mol. The number of benzene rings is 2. The molecule has 6 nitrogen and oxygen atoms in total. The third-order valence-electron chi connectivity index (χ3n) is 4.84. The second-order valence-corrected chi connectivity index (χ2v) is 6.43. The van der Waals surface area contributed by atoms with Gasteiger partial charge in [0.1, 0.15) is 0 Å². The van der Waals surface area contributed by atoms with Crippen molar-refractivity contribution in [3.05, 3.63) is 65.2 Å². The summed E-state index contributed by atoms with van der Waals surface area (Å²) >= 11 is 0. The molecule has 1 spiro atoms. The van der Waals surface area contributed by atoms with Crippen molar-refractivity contribution in [3.63, 3.8) is 0 Å². The van der Waals surface area contributed by atoms with Gasteiger partial charge in [-0.25, -0.2) is 18.5 Å². The molecule has 28 heavy (non-hydrogen) atoms. The van der Waals surface area contributed by atoms with Gasteiger partial charge >= 0.3 is 6.03 Å². The maximum absolute atomic E-state index is 13.6. The smallest absolute Gasteiger partial charge is 0.311 e. The monoisotopic (exact) mass is 381 g/mol. The Morgan fingerprint density at radius 2 is 1.71 bits per heavy atom. The van der Waals surface area contributed by atoms with Crippen molar-refractivity contribution in [2.24, 2.45) is 0 Å². The first-order valence-corrected chi connectivity index (χ1v) is 8.33. The number of nitrogens with zero attached hydrogens (tertiary/aromatic N) is 2. The highest BCUT2D eigenvalue weighted by atomic mass is 19.2. The molecule has 1 unspecified atom stereocenters. The second-order valence-electron chi connectivity index (χ2n) is 6.43. The molecule has 0 saturated carbocycles. The molecule has 1 atom stereocenters. The van der Waals surface area contributed by atoms with E-state index < -0.39 is 35.0 Å². The van der Waals surface area contributed by atoms with Crippen molar-refractivity contribution < 1.29 is 23.2 Å². The quantitative estimate of drug-likeness (QED) is 0.502. The first kappa shape index (κ1) is 17.7. The van der Waals surface area contributed by atoms with Crippen molar-refractivity contribution in [1.82, 2.24) is 10.2 Å². The summed E-state index contributed by atoms with van der Waals surface area (Å²) in [4.78, 5) is 40.6. The number of terminal acetylenes is 1. The molecule has 2 aliphatic heterocycles. The number of halogens is 2. The number of urea groups is 1. The molecule has 0 aromatic heterocycles. The summed E-state index contributed by atoms with van der Waals surface area (Å²) in [5.74, 6) is -1.27. The SMILES string of the molecule is C#CCN1C(=O)NC2(C1=O)C(=O)N(Cc1ccc(F)c(F)c1)c1ccccc12. The number of rotatable bonds is 3. The Bertz CT molecular complexity index is 1080. The Balaban J connectivity index is 1.79. The molecule has 2 aliphatic rings. The lowest BCUT2D eigenvalue weighted by Crippen LogP contribution is -2.52. The van der Waals surface area contributed by atoms with E-state index in [1.54, 1.807) is 24.3 Å². The van der Waals surface area contributed by atoms with Crippen LogP contribution in [0.1, 0.15) is 11.1 Å². The highest BCUT2D eigenvalue weighted by molar-refractivity contribution is 6.27. The van der Waals surface area contributed by atoms with Gasteiger partial charge in [0, 0.05) is 5.56 Å². The molecule has 8 heteroatoms. The molecule has 0 bridgehead atoms. The first-order valence-electron chi connectivity index (χ1n) is 8.33. The Morgan fingerprint density at radius 1 is 1.00 bits per heavy atom. The van der Waals surface area contributed by atoms with Crippen LogP contribution in [0.15, 0.2) is 42.5 Å². The lowest BCUT2D eigenvalue weighted by molar-refractivity contribution is -0.138. The molecule has 2 aromatic rings. The number of carbonyl (C=O) groups is 3. The maximum atomic E-state index is 13.6. The average Bonchev–Trinajstić information content (AvgIpc) is 3.07. The topological polar surface area (TPSA) is 69.7 Å². The predicted molar refractivity (Wildman–Crippen MR) is 94.7 cm³/mol. The van der Waals surface area contributed by atoms with E-state index in [4.69, 9.17) is 6.42 Å². The van der Waals surface area contributed by atoms with E-state index in [9.17, 15) is 23.2 Å². The van der Waals surface area contributed by atoms with Crippen LogP contribution < -0.4 is 10.2 Å². The summed E-state index contributed by atoms with van der Waals surface area (Å²) in [5, 5.41) is 2.47. The van der Waals surface area contributed by atoms with Crippen molar-refractivity contribution >= 4 is 23.5 Å². The summed E-state index contributed by atoms with van der Waals surface area (Å²) in [7, 11) is 0. The van der Waals surface area contributed by atoms with Crippen molar-refractivity contribution in [2.45, 2.75) is 12.1 Å². The zero-order chi connectivity index (χ0) is 20.1. The lowest BCUT2D eigenvalue weighted by atomic mass is 9.91. The van der Waals surface area contributed by atoms with Crippen LogP contribution >= 0.6 is 0 Å². The van der Waals surface area contributed by atoms with Gasteiger partial charge < -0.3 is 10.2 Å². The molecule has 0 radical (unpaired) electrons. The second kappa shape index (κ2) is 6.16. The Kier molecular flexibility index (Phi) is 3.89. The molecule has 1 fully saturated rings. The van der Waals surface area contributed by atoms with Crippen molar-refractivity contribution in [1.29, 1.82) is 0 Å². The number of para-hydroxylation sites is 1. The number of carbonyl (C=O) groups excluding carboxylic acids is 3. The van der Waals surface area contributed by atoms with Crippen LogP contribution in [0, 0.1) is 24.0 Å². The molecular formula is C20H13F2N3O3. The molecule has 4 rings (SSSR count). The third kappa shape index (κ3) is 2.29. The van der Waals surface area contributed by atoms with Crippen LogP contribution in [0.5, 0.6) is 0 Å². The summed E-state index contributed by atoms with van der Waals surface area (Å²) in [6, 6.07) is 9.02. The zero-order valence-corrected chi connectivity index (χ0v) is 14.4. The fraction of sp³-hybridized carbons (Fsp3) is 0.150. The van der Waals surface area contributed by atoms with Crippen LogP contribution in [-0.4, -0.2) is 29.3 Å². The summed E-state index contributed by atoms with van der Waals surface area (Å²) in [5.41, 5.74) is -0.881. The van der Waals surface area contributed by atoms with Gasteiger partial charge in [-0.2, -0.15) is 0 Å². The molecule has 0 aliphatic carbocycles. The fourth-order valence-corrected chi connectivity index (χ4v) is 3.57. The summed E-state index contributed by atoms with van der Waals surface area (Å²) in [6.07, 6.45) is 5.22. The van der Waals surface area contributed by atoms with Crippen LogP contribution in [0.4, 0.5) is 19.3 Å². The van der Waals surface area contributed by atoms with Gasteiger partial charge in [-0.3, -0.25) is 9.59 Å². The number of hydrogen-bond donors (Lipinski definition) is 1. The minimum Gasteiger partial charge on any atom is -0.311 e. The highest BCUT2D eigenvalue weighted by Gasteiger charge is 2.63. The van der Waals surface area contributed by atoms with E-state index in [1.165, 1.54) is 11.0 Å². The van der Waals surface area contributed by atoms with Crippen LogP contribution in [0.25, 0.3) is 0 Å². The number of hydrogen-bond acceptors (Lipinski definition) is 3. The van der Waals surface area contributed by atoms with E-state index in [-0.39, 0.29) is 13.1 Å². The van der Waals surface area contributed by atoms with Crippen molar-refractivity contribution in [3.8, 4) is 12.3 Å². The molecule has 140 valence electrons. The van der Waals surface area contributed by atoms with Crippen LogP contribution in [0.3, 0.4) is 0 Å². The van der Waals surface area contributed by atoms with E-state index in [1.807, 2.05) is 0 Å². The Labute approximate surface area is 158 Å². The van der Waals surface area contributed by atoms with Gasteiger partial charge in [0.2, 0.25) is 5.54 Å². The number of anilines is 1. The summed E-state index contributed by atoms with van der Waals surface area (Å²) < 4.78 is 26.8. The fourth-order valence-electron chi connectivity index (χ4n) is 3.57. The Hall–Kier alpha value is -3.73. The van der Waals surface area contributed by atoms with Crippen LogP contribution in [0.2, 0.25) is 0 Å². The zero-order valence-electron chi connectivity index (χ0n) is 14.4. The van der Waals surface area contributed by atoms with Gasteiger partial charge in [-0.15, -0.1) is 6.42 Å². The predicted octanol–water partition coefficient (Wildman–Crippen LogP) is 1.89. The van der Waals surface area contributed by atoms with Gasteiger partial charge in [-0.1, -0.05) is 30.2 Å². The molecule has 2 aromatic carbocycles. The normalized spacial score (nSPS) is 20.5. The van der Waals surface area contributed by atoms with Crippen LogP contribution in [-0.2, 0) is 21.7 Å². The molecule has 2 heterocycles. The van der Waals surface area contributed by atoms with Crippen molar-refractivity contribution in [2.75, 3.05) is 11.4 Å². The van der Waals surface area contributed by atoms with E-state index in [0.29, 0.717) is 16.8 Å². The largest absolute Gasteiger partial charge is 0.326 e. The Morgan fingerprint density at radius 3 is 2.43 bits per heavy atom. The van der Waals surface area contributed by atoms with Gasteiger partial charge in [0.05, 0.1) is 18.8 Å². The van der Waals surface area contributed by atoms with E-state index in [2.05, 4.69) is 11.2 Å². The maximum Gasteiger partial charge on any atom is 0.326 e. The number of amides is 4. The minimum absolute atomic E-state index is 0.104. The lowest BCUT2D eigenvalue weighted by Gasteiger charge is -2.22. The average molecular weight is 381 g/mol. The molecule has 4 amide bonds. The number of fused-ring (bicyclic) bond motifs is 2. The third-order valence-corrected chi connectivity index (χ3v) is 4.84. The molecule has 1 N–H and O–H groups in total. The minimum atomic E-state index is -1.91.